The Morgan fingerprint density at radius 2 is 2.04 bits per heavy atom. The number of rotatable bonds is 7. The molecule has 1 atom stereocenters. The topological polar surface area (TPSA) is 102 Å². The molecule has 2 rings (SSSR count). The highest BCUT2D eigenvalue weighted by Crippen LogP contribution is 2.27. The van der Waals surface area contributed by atoms with E-state index in [1.807, 2.05) is 0 Å². The zero-order valence-electron chi connectivity index (χ0n) is 13.0. The van der Waals surface area contributed by atoms with Crippen molar-refractivity contribution in [3.8, 4) is 5.75 Å². The number of amides is 2. The van der Waals surface area contributed by atoms with Crippen LogP contribution < -0.4 is 14.8 Å². The van der Waals surface area contributed by atoms with E-state index in [4.69, 9.17) is 4.74 Å². The lowest BCUT2D eigenvalue weighted by atomic mass is 10.1. The first-order valence-electron chi connectivity index (χ1n) is 7.27. The van der Waals surface area contributed by atoms with E-state index >= 15 is 0 Å². The summed E-state index contributed by atoms with van der Waals surface area (Å²) in [5.41, 5.74) is 0.752. The van der Waals surface area contributed by atoms with Crippen molar-refractivity contribution in [1.29, 1.82) is 0 Å². The van der Waals surface area contributed by atoms with E-state index in [0.29, 0.717) is 18.6 Å². The molecule has 0 aliphatic heterocycles. The van der Waals surface area contributed by atoms with Gasteiger partial charge in [-0.1, -0.05) is 12.1 Å². The molecule has 126 valence electrons. The van der Waals surface area contributed by atoms with Crippen LogP contribution in [0.1, 0.15) is 25.3 Å². The molecule has 8 heteroatoms. The number of hydrogen-bond donors (Lipinski definition) is 2. The summed E-state index contributed by atoms with van der Waals surface area (Å²) in [6.07, 6.45) is 1.29. The Labute approximate surface area is 135 Å². The molecule has 0 radical (unpaired) electrons. The zero-order chi connectivity index (χ0) is 17.0. The van der Waals surface area contributed by atoms with Gasteiger partial charge in [-0.15, -0.1) is 0 Å². The average Bonchev–Trinajstić information content (AvgIpc) is 3.31. The fourth-order valence-corrected chi connectivity index (χ4v) is 3.51. The summed E-state index contributed by atoms with van der Waals surface area (Å²) < 4.78 is 30.9. The highest BCUT2D eigenvalue weighted by atomic mass is 32.2. The zero-order valence-corrected chi connectivity index (χ0v) is 13.9. The molecular weight excluding hydrogens is 320 g/mol. The monoisotopic (exact) mass is 340 g/mol. The van der Waals surface area contributed by atoms with Crippen molar-refractivity contribution in [2.24, 2.45) is 0 Å². The van der Waals surface area contributed by atoms with Crippen LogP contribution in [-0.2, 0) is 26.0 Å². The van der Waals surface area contributed by atoms with Crippen LogP contribution in [-0.4, -0.2) is 38.6 Å². The highest BCUT2D eigenvalue weighted by Gasteiger charge is 2.38. The average molecular weight is 340 g/mol. The van der Waals surface area contributed by atoms with Gasteiger partial charge in [-0.2, -0.15) is 0 Å². The molecule has 1 unspecified atom stereocenters. The van der Waals surface area contributed by atoms with Gasteiger partial charge in [0.25, 0.3) is 5.91 Å². The van der Waals surface area contributed by atoms with Crippen molar-refractivity contribution in [2.45, 2.75) is 37.5 Å². The third kappa shape index (κ3) is 4.95. The van der Waals surface area contributed by atoms with Crippen molar-refractivity contribution < 1.29 is 22.7 Å². The second-order valence-corrected chi connectivity index (χ2v) is 7.48. The smallest absolute Gasteiger partial charge is 0.256 e. The number of methoxy groups -OCH3 is 1. The van der Waals surface area contributed by atoms with Gasteiger partial charge < -0.3 is 10.1 Å². The van der Waals surface area contributed by atoms with Crippen molar-refractivity contribution >= 4 is 21.8 Å². The van der Waals surface area contributed by atoms with Gasteiger partial charge in [-0.25, -0.2) is 8.42 Å². The Balaban J connectivity index is 2.12. The number of carbonyl (C=O) groups is 2. The van der Waals surface area contributed by atoms with Crippen LogP contribution >= 0.6 is 0 Å². The Morgan fingerprint density at radius 3 is 2.61 bits per heavy atom. The lowest BCUT2D eigenvalue weighted by Crippen LogP contribution is -2.49. The van der Waals surface area contributed by atoms with Gasteiger partial charge >= 0.3 is 0 Å². The van der Waals surface area contributed by atoms with E-state index in [9.17, 15) is 18.0 Å². The van der Waals surface area contributed by atoms with Crippen LogP contribution in [0.25, 0.3) is 0 Å². The molecule has 23 heavy (non-hydrogen) atoms. The minimum Gasteiger partial charge on any atom is -0.497 e. The van der Waals surface area contributed by atoms with Crippen LogP contribution in [0.5, 0.6) is 5.75 Å². The molecule has 0 saturated heterocycles. The van der Waals surface area contributed by atoms with Gasteiger partial charge in [0.2, 0.25) is 15.9 Å². The quantitative estimate of drug-likeness (QED) is 0.746. The van der Waals surface area contributed by atoms with Gasteiger partial charge in [0, 0.05) is 13.3 Å². The fourth-order valence-electron chi connectivity index (χ4n) is 2.16. The molecule has 0 bridgehead atoms. The number of benzene rings is 1. The molecule has 1 aromatic rings. The maximum atomic E-state index is 12.2. The van der Waals surface area contributed by atoms with E-state index in [1.54, 1.807) is 24.3 Å². The summed E-state index contributed by atoms with van der Waals surface area (Å²) in [6, 6.07) is 6.07. The van der Waals surface area contributed by atoms with Crippen molar-refractivity contribution in [3.05, 3.63) is 29.8 Å². The van der Waals surface area contributed by atoms with Crippen LogP contribution in [0, 0.1) is 0 Å². The molecule has 1 fully saturated rings. The first-order valence-corrected chi connectivity index (χ1v) is 8.82. The van der Waals surface area contributed by atoms with Gasteiger partial charge in [-0.05, 0) is 30.5 Å². The lowest BCUT2D eigenvalue weighted by molar-refractivity contribution is -0.126. The van der Waals surface area contributed by atoms with E-state index in [2.05, 4.69) is 10.0 Å². The SMILES string of the molecule is COc1cccc(CC(NC(C)=O)C(=O)NS(=O)(=O)C2CC2)c1. The molecule has 1 aliphatic rings. The summed E-state index contributed by atoms with van der Waals surface area (Å²) >= 11 is 0. The Bertz CT molecular complexity index is 698. The van der Waals surface area contributed by atoms with E-state index in [1.165, 1.54) is 14.0 Å². The molecule has 0 heterocycles. The van der Waals surface area contributed by atoms with Crippen LogP contribution in [0.4, 0.5) is 0 Å². The van der Waals surface area contributed by atoms with Gasteiger partial charge in [0.1, 0.15) is 11.8 Å². The molecule has 2 N–H and O–H groups in total. The number of sulfonamides is 1. The number of nitrogens with one attached hydrogen (secondary N) is 2. The normalized spacial score (nSPS) is 15.6. The third-order valence-electron chi connectivity index (χ3n) is 3.47. The largest absolute Gasteiger partial charge is 0.497 e. The second-order valence-electron chi connectivity index (χ2n) is 5.52. The predicted molar refractivity (Wildman–Crippen MR) is 84.4 cm³/mol. The highest BCUT2D eigenvalue weighted by molar-refractivity contribution is 7.90. The summed E-state index contributed by atoms with van der Waals surface area (Å²) in [5, 5.41) is 1.99. The Morgan fingerprint density at radius 1 is 1.35 bits per heavy atom. The Hall–Kier alpha value is -2.09. The fraction of sp³-hybridized carbons (Fsp3) is 0.467. The molecule has 1 aromatic carbocycles. The van der Waals surface area contributed by atoms with Crippen molar-refractivity contribution in [3.63, 3.8) is 0 Å². The summed E-state index contributed by atoms with van der Waals surface area (Å²) in [6.45, 7) is 1.28. The summed E-state index contributed by atoms with van der Waals surface area (Å²) in [5.74, 6) is -0.512. The van der Waals surface area contributed by atoms with E-state index in [-0.39, 0.29) is 6.42 Å². The van der Waals surface area contributed by atoms with Gasteiger partial charge in [-0.3, -0.25) is 14.3 Å². The van der Waals surface area contributed by atoms with Crippen molar-refractivity contribution in [2.75, 3.05) is 7.11 Å². The molecule has 0 spiro atoms. The molecule has 1 aliphatic carbocycles. The van der Waals surface area contributed by atoms with Crippen LogP contribution in [0.3, 0.4) is 0 Å². The van der Waals surface area contributed by atoms with Crippen LogP contribution in [0.15, 0.2) is 24.3 Å². The van der Waals surface area contributed by atoms with E-state index < -0.39 is 33.1 Å². The van der Waals surface area contributed by atoms with E-state index in [0.717, 1.165) is 5.56 Å². The summed E-state index contributed by atoms with van der Waals surface area (Å²) in [7, 11) is -2.12. The molecular formula is C15H20N2O5S. The molecule has 7 nitrogen and oxygen atoms in total. The van der Waals surface area contributed by atoms with Gasteiger partial charge in [0.05, 0.1) is 12.4 Å². The maximum absolute atomic E-state index is 12.2. The predicted octanol–water partition coefficient (Wildman–Crippen LogP) is 0.351. The Kier molecular flexibility index (Phi) is 5.25. The third-order valence-corrected chi connectivity index (χ3v) is 5.31. The number of carbonyl (C=O) groups excluding carboxylic acids is 2. The molecule has 2 amide bonds. The second kappa shape index (κ2) is 6.99. The summed E-state index contributed by atoms with van der Waals surface area (Å²) in [4.78, 5) is 23.6. The molecule has 1 saturated carbocycles. The minimum atomic E-state index is -3.65. The first-order chi connectivity index (χ1) is 10.8. The number of hydrogen-bond acceptors (Lipinski definition) is 5. The standard InChI is InChI=1S/C15H20N2O5S/c1-10(18)16-14(9-11-4-3-5-12(8-11)22-2)15(19)17-23(20,21)13-6-7-13/h3-5,8,13-14H,6-7,9H2,1-2H3,(H,16,18)(H,17,19). The minimum absolute atomic E-state index is 0.169. The maximum Gasteiger partial charge on any atom is 0.256 e. The van der Waals surface area contributed by atoms with Gasteiger partial charge in [0.15, 0.2) is 0 Å². The van der Waals surface area contributed by atoms with Crippen LogP contribution in [0.2, 0.25) is 0 Å². The first kappa shape index (κ1) is 17.3. The lowest BCUT2D eigenvalue weighted by Gasteiger charge is -2.18. The molecule has 0 aromatic heterocycles. The number of ether oxygens (including phenoxy) is 1. The van der Waals surface area contributed by atoms with Crippen molar-refractivity contribution in [1.82, 2.24) is 10.0 Å².